The minimum atomic E-state index is -0.364. The van der Waals surface area contributed by atoms with Crippen molar-refractivity contribution in [3.63, 3.8) is 0 Å². The van der Waals surface area contributed by atoms with Crippen molar-refractivity contribution in [1.29, 1.82) is 0 Å². The maximum absolute atomic E-state index is 11.7. The Hall–Kier alpha value is -2.55. The Balaban J connectivity index is 1.88. The van der Waals surface area contributed by atoms with Gasteiger partial charge in [-0.25, -0.2) is 4.98 Å². The van der Waals surface area contributed by atoms with Crippen molar-refractivity contribution in [1.82, 2.24) is 20.6 Å². The second kappa shape index (κ2) is 8.18. The third-order valence-electron chi connectivity index (χ3n) is 2.77. The first-order valence-electron chi connectivity index (χ1n) is 6.79. The van der Waals surface area contributed by atoms with E-state index in [0.717, 1.165) is 11.8 Å². The number of hydrogen-bond donors (Lipinski definition) is 3. The van der Waals surface area contributed by atoms with E-state index in [4.69, 9.17) is 4.42 Å². The Bertz CT molecular complexity index is 727. The van der Waals surface area contributed by atoms with Gasteiger partial charge >= 0.3 is 0 Å². The maximum atomic E-state index is 11.7. The van der Waals surface area contributed by atoms with E-state index in [1.165, 1.54) is 19.4 Å². The summed E-state index contributed by atoms with van der Waals surface area (Å²) in [6.45, 7) is 0.299. The summed E-state index contributed by atoms with van der Waals surface area (Å²) in [7, 11) is 1.51. The van der Waals surface area contributed by atoms with Crippen molar-refractivity contribution in [2.24, 2.45) is 0 Å². The van der Waals surface area contributed by atoms with E-state index in [2.05, 4.69) is 20.6 Å². The topological polar surface area (TPSA) is 117 Å². The largest absolute Gasteiger partial charge is 0.467 e. The minimum absolute atomic E-state index is 0.0126. The summed E-state index contributed by atoms with van der Waals surface area (Å²) < 4.78 is 5.11. The van der Waals surface area contributed by atoms with Crippen LogP contribution in [0.25, 0.3) is 0 Å². The predicted octanol–water partition coefficient (Wildman–Crippen LogP) is 0.0599. The highest BCUT2D eigenvalue weighted by atomic mass is 32.2. The Labute approximate surface area is 136 Å². The molecule has 9 heteroatoms. The van der Waals surface area contributed by atoms with Crippen LogP contribution in [0, 0.1) is 0 Å². The summed E-state index contributed by atoms with van der Waals surface area (Å²) in [5, 5.41) is 5.45. The van der Waals surface area contributed by atoms with Crippen LogP contribution in [0.4, 0.5) is 0 Å². The number of carbonyl (C=O) groups excluding carboxylic acids is 2. The number of likely N-dealkylation sites (N-methyl/N-ethyl adjacent to an activating group) is 1. The molecule has 0 aliphatic rings. The van der Waals surface area contributed by atoms with Crippen LogP contribution in [0.3, 0.4) is 0 Å². The van der Waals surface area contributed by atoms with Gasteiger partial charge in [-0.15, -0.1) is 0 Å². The van der Waals surface area contributed by atoms with E-state index in [1.807, 2.05) is 0 Å². The predicted molar refractivity (Wildman–Crippen MR) is 83.9 cm³/mol. The van der Waals surface area contributed by atoms with E-state index in [0.29, 0.717) is 23.2 Å². The van der Waals surface area contributed by atoms with E-state index < -0.39 is 0 Å². The minimum Gasteiger partial charge on any atom is -0.467 e. The molecule has 0 spiro atoms. The number of nitrogens with zero attached hydrogens (tertiary/aromatic N) is 1. The van der Waals surface area contributed by atoms with Crippen LogP contribution in [-0.4, -0.2) is 34.6 Å². The summed E-state index contributed by atoms with van der Waals surface area (Å²) >= 11 is 1.09. The second-order valence-corrected chi connectivity index (χ2v) is 5.50. The third-order valence-corrected chi connectivity index (χ3v) is 3.65. The van der Waals surface area contributed by atoms with Crippen LogP contribution in [-0.2, 0) is 22.6 Å². The zero-order chi connectivity index (χ0) is 16.7. The smallest absolute Gasteiger partial charge is 0.251 e. The lowest BCUT2D eigenvalue weighted by molar-refractivity contribution is -0.120. The molecule has 0 radical (unpaired) electrons. The molecule has 2 aromatic heterocycles. The number of aromatic nitrogens is 2. The maximum Gasteiger partial charge on any atom is 0.251 e. The van der Waals surface area contributed by atoms with Crippen molar-refractivity contribution in [2.75, 3.05) is 12.8 Å². The lowest BCUT2D eigenvalue weighted by Crippen LogP contribution is -2.25. The zero-order valence-corrected chi connectivity index (χ0v) is 13.2. The second-order valence-electron chi connectivity index (χ2n) is 4.54. The summed E-state index contributed by atoms with van der Waals surface area (Å²) in [6.07, 6.45) is 1.54. The Morgan fingerprint density at radius 2 is 2.22 bits per heavy atom. The third kappa shape index (κ3) is 5.62. The summed E-state index contributed by atoms with van der Waals surface area (Å²) in [5.74, 6) is 0.288. The molecule has 0 bridgehead atoms. The van der Waals surface area contributed by atoms with E-state index in [1.54, 1.807) is 12.1 Å². The average Bonchev–Trinajstić information content (AvgIpc) is 3.03. The van der Waals surface area contributed by atoms with Gasteiger partial charge in [-0.1, -0.05) is 11.8 Å². The number of hydrogen-bond acceptors (Lipinski definition) is 6. The van der Waals surface area contributed by atoms with Gasteiger partial charge in [-0.05, 0) is 12.1 Å². The standard InChI is InChI=1S/C14H16N4O4S/c1-15-11(19)5-9-6-12(20)18-14(17-9)23-8-13(21)16-7-10-3-2-4-22-10/h2-4,6H,5,7-8H2,1H3,(H,15,19)(H,16,21)(H,17,18,20). The highest BCUT2D eigenvalue weighted by molar-refractivity contribution is 7.99. The van der Waals surface area contributed by atoms with E-state index in [-0.39, 0.29) is 29.5 Å². The molecular weight excluding hydrogens is 320 g/mol. The molecule has 0 aliphatic heterocycles. The fourth-order valence-electron chi connectivity index (χ4n) is 1.68. The molecule has 0 fully saturated rings. The molecule has 8 nitrogen and oxygen atoms in total. The molecule has 0 saturated heterocycles. The van der Waals surface area contributed by atoms with Gasteiger partial charge in [0.2, 0.25) is 11.8 Å². The quantitative estimate of drug-likeness (QED) is 0.486. The summed E-state index contributed by atoms with van der Waals surface area (Å²) in [4.78, 5) is 41.3. The van der Waals surface area contributed by atoms with Crippen LogP contribution in [0.2, 0.25) is 0 Å². The van der Waals surface area contributed by atoms with Gasteiger partial charge in [0.05, 0.1) is 30.7 Å². The van der Waals surface area contributed by atoms with Gasteiger partial charge in [0.1, 0.15) is 5.76 Å². The molecule has 0 saturated carbocycles. The van der Waals surface area contributed by atoms with Crippen molar-refractivity contribution in [2.45, 2.75) is 18.1 Å². The Morgan fingerprint density at radius 1 is 1.39 bits per heavy atom. The van der Waals surface area contributed by atoms with Crippen molar-refractivity contribution in [3.8, 4) is 0 Å². The molecule has 2 amide bonds. The van der Waals surface area contributed by atoms with Gasteiger partial charge in [-0.3, -0.25) is 14.4 Å². The Kier molecular flexibility index (Phi) is 5.98. The van der Waals surface area contributed by atoms with Crippen LogP contribution in [0.5, 0.6) is 0 Å². The van der Waals surface area contributed by atoms with E-state index in [9.17, 15) is 14.4 Å². The molecule has 3 N–H and O–H groups in total. The summed E-state index contributed by atoms with van der Waals surface area (Å²) in [6, 6.07) is 4.76. The number of H-pyrrole nitrogens is 1. The SMILES string of the molecule is CNC(=O)Cc1cc(=O)[nH]c(SCC(=O)NCc2ccco2)n1. The van der Waals surface area contributed by atoms with Gasteiger partial charge < -0.3 is 20.0 Å². The molecular formula is C14H16N4O4S. The van der Waals surface area contributed by atoms with Crippen LogP contribution < -0.4 is 16.2 Å². The number of rotatable bonds is 7. The molecule has 2 rings (SSSR count). The lowest BCUT2D eigenvalue weighted by atomic mass is 10.3. The molecule has 2 aromatic rings. The van der Waals surface area contributed by atoms with Crippen molar-refractivity contribution >= 4 is 23.6 Å². The number of aromatic amines is 1. The average molecular weight is 336 g/mol. The Morgan fingerprint density at radius 3 is 2.91 bits per heavy atom. The molecule has 122 valence electrons. The number of furan rings is 1. The normalized spacial score (nSPS) is 10.3. The van der Waals surface area contributed by atoms with Crippen molar-refractivity contribution in [3.05, 3.63) is 46.3 Å². The first-order chi connectivity index (χ1) is 11.1. The fraction of sp³-hybridized carbons (Fsp3) is 0.286. The first-order valence-corrected chi connectivity index (χ1v) is 7.78. The highest BCUT2D eigenvalue weighted by Gasteiger charge is 2.09. The monoisotopic (exact) mass is 336 g/mol. The number of nitrogens with one attached hydrogen (secondary N) is 3. The summed E-state index contributed by atoms with van der Waals surface area (Å²) in [5.41, 5.74) is -0.0102. The molecule has 2 heterocycles. The molecule has 0 unspecified atom stereocenters. The molecule has 0 atom stereocenters. The van der Waals surface area contributed by atoms with Crippen molar-refractivity contribution < 1.29 is 14.0 Å². The van der Waals surface area contributed by atoms with Crippen LogP contribution >= 0.6 is 11.8 Å². The fourth-order valence-corrected chi connectivity index (χ4v) is 2.40. The molecule has 23 heavy (non-hydrogen) atoms. The number of thioether (sulfide) groups is 1. The van der Waals surface area contributed by atoms with Gasteiger partial charge in [-0.2, -0.15) is 0 Å². The molecule has 0 aromatic carbocycles. The molecule has 0 aliphatic carbocycles. The van der Waals surface area contributed by atoms with E-state index >= 15 is 0 Å². The number of carbonyl (C=O) groups is 2. The van der Waals surface area contributed by atoms with Crippen LogP contribution in [0.15, 0.2) is 38.8 Å². The van der Waals surface area contributed by atoms with Crippen LogP contribution in [0.1, 0.15) is 11.5 Å². The zero-order valence-electron chi connectivity index (χ0n) is 12.4. The highest BCUT2D eigenvalue weighted by Crippen LogP contribution is 2.11. The van der Waals surface area contributed by atoms with Gasteiger partial charge in [0, 0.05) is 13.1 Å². The number of amides is 2. The van der Waals surface area contributed by atoms with Gasteiger partial charge in [0.25, 0.3) is 5.56 Å². The van der Waals surface area contributed by atoms with Gasteiger partial charge in [0.15, 0.2) is 5.16 Å². The first kappa shape index (κ1) is 16.8. The lowest BCUT2D eigenvalue weighted by Gasteiger charge is -2.05.